The van der Waals surface area contributed by atoms with E-state index in [0.29, 0.717) is 25.9 Å². The quantitative estimate of drug-likeness (QED) is 0.386. The Morgan fingerprint density at radius 3 is 2.00 bits per heavy atom. The van der Waals surface area contributed by atoms with Crippen LogP contribution in [-0.2, 0) is 19.1 Å². The van der Waals surface area contributed by atoms with Crippen molar-refractivity contribution in [1.82, 2.24) is 4.90 Å². The summed E-state index contributed by atoms with van der Waals surface area (Å²) in [6, 6.07) is 0. The third-order valence-electron chi connectivity index (χ3n) is 4.14. The van der Waals surface area contributed by atoms with E-state index in [2.05, 4.69) is 0 Å². The molecular formula is C15H19NO5. The maximum Gasteiger partial charge on any atom is 0.410 e. The molecule has 1 aliphatic carbocycles. The molecule has 0 aromatic rings. The highest BCUT2D eigenvalue weighted by Gasteiger charge is 2.49. The van der Waals surface area contributed by atoms with Gasteiger partial charge in [0.1, 0.15) is 5.60 Å². The molecule has 0 saturated carbocycles. The van der Waals surface area contributed by atoms with E-state index in [0.717, 1.165) is 11.1 Å². The minimum atomic E-state index is -0.531. The number of carbonyl (C=O) groups excluding carboxylic acids is 3. The van der Waals surface area contributed by atoms with Crippen LogP contribution in [0, 0.1) is 11.8 Å². The Kier molecular flexibility index (Phi) is 3.07. The topological polar surface area (TPSA) is 72.9 Å². The number of nitrogens with zero attached hydrogens (tertiary/aromatic N) is 1. The van der Waals surface area contributed by atoms with Gasteiger partial charge in [0.2, 0.25) is 0 Å². The number of cyclic esters (lactones) is 2. The molecule has 3 rings (SSSR count). The highest BCUT2D eigenvalue weighted by atomic mass is 16.6. The van der Waals surface area contributed by atoms with Crippen molar-refractivity contribution in [2.75, 3.05) is 13.1 Å². The fraction of sp³-hybridized carbons (Fsp3) is 0.667. The molecule has 2 heterocycles. The molecule has 3 aliphatic rings. The number of hydrogen-bond donors (Lipinski definition) is 0. The van der Waals surface area contributed by atoms with Crippen LogP contribution in [0.25, 0.3) is 0 Å². The summed E-state index contributed by atoms with van der Waals surface area (Å²) in [7, 11) is 0. The van der Waals surface area contributed by atoms with Crippen molar-refractivity contribution in [2.24, 2.45) is 11.8 Å². The second-order valence-electron chi connectivity index (χ2n) is 6.90. The molecule has 2 unspecified atom stereocenters. The lowest BCUT2D eigenvalue weighted by molar-refractivity contribution is -0.153. The number of hydrogen-bond acceptors (Lipinski definition) is 5. The first-order valence-corrected chi connectivity index (χ1v) is 7.18. The van der Waals surface area contributed by atoms with Gasteiger partial charge in [-0.1, -0.05) is 0 Å². The molecular weight excluding hydrogens is 274 g/mol. The predicted molar refractivity (Wildman–Crippen MR) is 72.1 cm³/mol. The van der Waals surface area contributed by atoms with Crippen LogP contribution in [0.4, 0.5) is 4.79 Å². The van der Waals surface area contributed by atoms with Crippen molar-refractivity contribution in [3.05, 3.63) is 11.1 Å². The monoisotopic (exact) mass is 293 g/mol. The van der Waals surface area contributed by atoms with Crippen LogP contribution in [0.3, 0.4) is 0 Å². The first kappa shape index (κ1) is 14.1. The molecule has 114 valence electrons. The van der Waals surface area contributed by atoms with Crippen LogP contribution < -0.4 is 0 Å². The van der Waals surface area contributed by atoms with Crippen molar-refractivity contribution in [2.45, 2.75) is 39.2 Å². The zero-order valence-electron chi connectivity index (χ0n) is 12.5. The molecule has 0 radical (unpaired) electrons. The Bertz CT molecular complexity index is 523. The summed E-state index contributed by atoms with van der Waals surface area (Å²) in [5.41, 5.74) is 1.62. The lowest BCUT2D eigenvalue weighted by atomic mass is 9.78. The number of fused-ring (bicyclic) bond motifs is 1. The van der Waals surface area contributed by atoms with E-state index in [-0.39, 0.29) is 17.9 Å². The summed E-state index contributed by atoms with van der Waals surface area (Å²) in [6.45, 7) is 6.44. The van der Waals surface area contributed by atoms with Gasteiger partial charge in [0.15, 0.2) is 0 Å². The Morgan fingerprint density at radius 2 is 1.57 bits per heavy atom. The van der Waals surface area contributed by atoms with Gasteiger partial charge in [0, 0.05) is 13.1 Å². The van der Waals surface area contributed by atoms with Crippen LogP contribution in [0.2, 0.25) is 0 Å². The molecule has 6 nitrogen and oxygen atoms in total. The van der Waals surface area contributed by atoms with E-state index < -0.39 is 17.5 Å². The molecule has 0 bridgehead atoms. The predicted octanol–water partition coefficient (Wildman–Crippen LogP) is 1.64. The molecule has 0 spiro atoms. The van der Waals surface area contributed by atoms with Gasteiger partial charge < -0.3 is 14.4 Å². The molecule has 2 aliphatic heterocycles. The van der Waals surface area contributed by atoms with E-state index in [1.807, 2.05) is 20.8 Å². The van der Waals surface area contributed by atoms with Crippen LogP contribution in [0.15, 0.2) is 11.1 Å². The summed E-state index contributed by atoms with van der Waals surface area (Å²) >= 11 is 0. The first-order chi connectivity index (χ1) is 9.74. The molecule has 1 saturated heterocycles. The fourth-order valence-corrected chi connectivity index (χ4v) is 3.17. The minimum Gasteiger partial charge on any atom is -0.444 e. The van der Waals surface area contributed by atoms with Gasteiger partial charge in [-0.2, -0.15) is 0 Å². The van der Waals surface area contributed by atoms with E-state index in [1.54, 1.807) is 4.90 Å². The number of esters is 2. The smallest absolute Gasteiger partial charge is 0.410 e. The lowest BCUT2D eigenvalue weighted by Crippen LogP contribution is -2.35. The SMILES string of the molecule is CC(C)(C)OC(=O)N1CC2=C(CC3C(=O)OC(=O)C3C2)C1. The van der Waals surface area contributed by atoms with Gasteiger partial charge >= 0.3 is 18.0 Å². The van der Waals surface area contributed by atoms with Gasteiger partial charge in [0.05, 0.1) is 11.8 Å². The summed E-state index contributed by atoms with van der Waals surface area (Å²) in [5, 5.41) is 0. The van der Waals surface area contributed by atoms with Crippen molar-refractivity contribution in [1.29, 1.82) is 0 Å². The number of carbonyl (C=O) groups is 3. The van der Waals surface area contributed by atoms with Crippen molar-refractivity contribution in [3.8, 4) is 0 Å². The van der Waals surface area contributed by atoms with Crippen molar-refractivity contribution in [3.63, 3.8) is 0 Å². The van der Waals surface area contributed by atoms with Gasteiger partial charge in [-0.15, -0.1) is 0 Å². The van der Waals surface area contributed by atoms with Gasteiger partial charge in [-0.3, -0.25) is 9.59 Å². The summed E-state index contributed by atoms with van der Waals surface area (Å²) in [6.07, 6.45) is 0.684. The Hall–Kier alpha value is -1.85. The second-order valence-corrected chi connectivity index (χ2v) is 6.90. The largest absolute Gasteiger partial charge is 0.444 e. The molecule has 0 aromatic carbocycles. The molecule has 6 heteroatoms. The van der Waals surface area contributed by atoms with Crippen LogP contribution in [0.1, 0.15) is 33.6 Å². The molecule has 21 heavy (non-hydrogen) atoms. The van der Waals surface area contributed by atoms with Gasteiger partial charge in [0.25, 0.3) is 0 Å². The summed E-state index contributed by atoms with van der Waals surface area (Å²) in [4.78, 5) is 37.0. The Morgan fingerprint density at radius 1 is 1.10 bits per heavy atom. The zero-order chi connectivity index (χ0) is 15.4. The average Bonchev–Trinajstić information content (AvgIpc) is 2.88. The van der Waals surface area contributed by atoms with Crippen LogP contribution in [-0.4, -0.2) is 41.6 Å². The minimum absolute atomic E-state index is 0.351. The van der Waals surface area contributed by atoms with E-state index in [1.165, 1.54) is 0 Å². The summed E-state index contributed by atoms with van der Waals surface area (Å²) in [5.74, 6) is -1.58. The Balaban J connectivity index is 1.69. The number of rotatable bonds is 0. The molecule has 1 amide bonds. The lowest BCUT2D eigenvalue weighted by Gasteiger charge is -2.24. The van der Waals surface area contributed by atoms with Crippen LogP contribution in [0.5, 0.6) is 0 Å². The summed E-state index contributed by atoms with van der Waals surface area (Å²) < 4.78 is 10.1. The molecule has 0 aromatic heterocycles. The second kappa shape index (κ2) is 4.58. The standard InChI is InChI=1S/C15H19NO5/c1-15(2,3)21-14(19)16-6-8-4-10-11(5-9(8)7-16)13(18)20-12(10)17/h10-11H,4-7H2,1-3H3. The highest BCUT2D eigenvalue weighted by Crippen LogP contribution is 2.42. The molecule has 0 N–H and O–H groups in total. The van der Waals surface area contributed by atoms with Gasteiger partial charge in [-0.25, -0.2) is 4.79 Å². The third kappa shape index (κ3) is 2.54. The first-order valence-electron chi connectivity index (χ1n) is 7.18. The van der Waals surface area contributed by atoms with E-state index in [9.17, 15) is 14.4 Å². The molecule has 1 fully saturated rings. The maximum absolute atomic E-state index is 12.1. The van der Waals surface area contributed by atoms with Crippen molar-refractivity contribution >= 4 is 18.0 Å². The average molecular weight is 293 g/mol. The zero-order valence-corrected chi connectivity index (χ0v) is 12.5. The van der Waals surface area contributed by atoms with Gasteiger partial charge in [-0.05, 0) is 44.8 Å². The van der Waals surface area contributed by atoms with E-state index in [4.69, 9.17) is 9.47 Å². The van der Waals surface area contributed by atoms with Crippen molar-refractivity contribution < 1.29 is 23.9 Å². The van der Waals surface area contributed by atoms with Crippen LogP contribution >= 0.6 is 0 Å². The Labute approximate surface area is 123 Å². The number of amides is 1. The highest BCUT2D eigenvalue weighted by molar-refractivity contribution is 5.97. The number of ether oxygens (including phenoxy) is 2. The third-order valence-corrected chi connectivity index (χ3v) is 4.14. The normalized spacial score (nSPS) is 28.4. The molecule has 2 atom stereocenters. The van der Waals surface area contributed by atoms with E-state index >= 15 is 0 Å². The maximum atomic E-state index is 12.1. The fourth-order valence-electron chi connectivity index (χ4n) is 3.17.